The van der Waals surface area contributed by atoms with E-state index in [0.29, 0.717) is 11.8 Å². The van der Waals surface area contributed by atoms with Crippen molar-refractivity contribution in [1.29, 1.82) is 0 Å². The Morgan fingerprint density at radius 2 is 1.65 bits per heavy atom. The molecule has 3 N–H and O–H groups in total. The van der Waals surface area contributed by atoms with Crippen molar-refractivity contribution in [3.63, 3.8) is 0 Å². The first-order chi connectivity index (χ1) is 10.8. The van der Waals surface area contributed by atoms with E-state index in [4.69, 9.17) is 0 Å². The van der Waals surface area contributed by atoms with Crippen molar-refractivity contribution in [2.75, 3.05) is 13.2 Å². The van der Waals surface area contributed by atoms with Gasteiger partial charge in [0.15, 0.2) is 0 Å². The predicted octanol–water partition coefficient (Wildman–Crippen LogP) is 2.89. The van der Waals surface area contributed by atoms with Gasteiger partial charge < -0.3 is 15.3 Å². The highest BCUT2D eigenvalue weighted by atomic mass is 16.3. The molecule has 4 rings (SSSR count). The topological polar surface area (TPSA) is 60.7 Å². The molecule has 3 saturated carbocycles. The molecule has 7 atom stereocenters. The SMILES string of the molecule is C[C@]1(CO)[C@H]2CC[C@@]34C=C[C@@](CO)(CC[C@H]3[C@]2(C)CC[C@H]1O)C4. The molecule has 3 heteroatoms. The highest BCUT2D eigenvalue weighted by molar-refractivity contribution is 5.26. The second-order valence-electron chi connectivity index (χ2n) is 9.67. The molecule has 0 amide bonds. The first kappa shape index (κ1) is 16.1. The Hall–Kier alpha value is -0.380. The maximum Gasteiger partial charge on any atom is 0.0618 e. The van der Waals surface area contributed by atoms with E-state index in [1.54, 1.807) is 0 Å². The Morgan fingerprint density at radius 1 is 0.913 bits per heavy atom. The largest absolute Gasteiger partial charge is 0.396 e. The number of rotatable bonds is 2. The minimum absolute atomic E-state index is 0.0359. The van der Waals surface area contributed by atoms with Crippen molar-refractivity contribution in [2.24, 2.45) is 33.5 Å². The quantitative estimate of drug-likeness (QED) is 0.686. The maximum atomic E-state index is 10.6. The zero-order valence-corrected chi connectivity index (χ0v) is 14.6. The monoisotopic (exact) mass is 320 g/mol. The minimum Gasteiger partial charge on any atom is -0.396 e. The fourth-order valence-corrected chi connectivity index (χ4v) is 7.41. The molecule has 4 aliphatic rings. The van der Waals surface area contributed by atoms with E-state index in [2.05, 4.69) is 26.0 Å². The van der Waals surface area contributed by atoms with E-state index < -0.39 is 0 Å². The Morgan fingerprint density at radius 3 is 2.35 bits per heavy atom. The van der Waals surface area contributed by atoms with Gasteiger partial charge in [-0.15, -0.1) is 0 Å². The van der Waals surface area contributed by atoms with Crippen LogP contribution in [0, 0.1) is 33.5 Å². The van der Waals surface area contributed by atoms with Crippen molar-refractivity contribution in [2.45, 2.75) is 64.9 Å². The molecule has 0 aliphatic heterocycles. The lowest BCUT2D eigenvalue weighted by molar-refractivity contribution is -0.195. The summed E-state index contributed by atoms with van der Waals surface area (Å²) in [7, 11) is 0. The summed E-state index contributed by atoms with van der Waals surface area (Å²) in [4.78, 5) is 0. The van der Waals surface area contributed by atoms with Crippen LogP contribution >= 0.6 is 0 Å². The molecule has 0 aromatic carbocycles. The van der Waals surface area contributed by atoms with Gasteiger partial charge in [-0.05, 0) is 67.6 Å². The minimum atomic E-state index is -0.376. The average molecular weight is 320 g/mol. The molecule has 0 radical (unpaired) electrons. The Kier molecular flexibility index (Phi) is 3.38. The molecule has 2 bridgehead atoms. The van der Waals surface area contributed by atoms with Crippen LogP contribution in [0.3, 0.4) is 0 Å². The summed E-state index contributed by atoms with van der Waals surface area (Å²) in [6.07, 6.45) is 11.9. The number of fused-ring (bicyclic) bond motifs is 3. The van der Waals surface area contributed by atoms with Gasteiger partial charge in [-0.25, -0.2) is 0 Å². The third kappa shape index (κ3) is 1.88. The fourth-order valence-electron chi connectivity index (χ4n) is 7.41. The van der Waals surface area contributed by atoms with Gasteiger partial charge in [0.1, 0.15) is 0 Å². The molecule has 3 nitrogen and oxygen atoms in total. The van der Waals surface area contributed by atoms with Crippen molar-refractivity contribution < 1.29 is 15.3 Å². The third-order valence-corrected chi connectivity index (χ3v) is 8.73. The summed E-state index contributed by atoms with van der Waals surface area (Å²) in [5, 5.41) is 30.5. The highest BCUT2D eigenvalue weighted by Gasteiger charge is 2.65. The lowest BCUT2D eigenvalue weighted by atomic mass is 9.40. The van der Waals surface area contributed by atoms with Crippen LogP contribution in [0.15, 0.2) is 12.2 Å². The standard InChI is InChI=1S/C20H32O3/c1-17-6-5-16(23)18(2,12-21)14(17)4-8-20-10-9-19(11-20,13-22)7-3-15(17)20/h9-10,14-16,21-23H,3-8,11-13H2,1-2H3/t14-,15-,16+,17+,18-,19-,20-/m0/s1. The van der Waals surface area contributed by atoms with Crippen molar-refractivity contribution >= 4 is 0 Å². The van der Waals surface area contributed by atoms with E-state index in [1.807, 2.05) is 0 Å². The molecule has 0 heterocycles. The third-order valence-electron chi connectivity index (χ3n) is 8.73. The molecule has 1 spiro atoms. The van der Waals surface area contributed by atoms with E-state index in [0.717, 1.165) is 38.5 Å². The van der Waals surface area contributed by atoms with E-state index in [-0.39, 0.29) is 41.0 Å². The van der Waals surface area contributed by atoms with E-state index in [9.17, 15) is 15.3 Å². The van der Waals surface area contributed by atoms with Crippen LogP contribution < -0.4 is 0 Å². The summed E-state index contributed by atoms with van der Waals surface area (Å²) in [6.45, 7) is 4.90. The van der Waals surface area contributed by atoms with Gasteiger partial charge in [0, 0.05) is 10.8 Å². The zero-order chi connectivity index (χ0) is 16.5. The van der Waals surface area contributed by atoms with Crippen LogP contribution in [-0.2, 0) is 0 Å². The van der Waals surface area contributed by atoms with Gasteiger partial charge in [0.2, 0.25) is 0 Å². The fraction of sp³-hybridized carbons (Fsp3) is 0.900. The molecule has 3 fully saturated rings. The number of hydrogen-bond acceptors (Lipinski definition) is 3. The normalized spacial score (nSPS) is 57.9. The number of aliphatic hydroxyl groups is 3. The van der Waals surface area contributed by atoms with Crippen LogP contribution in [0.1, 0.15) is 58.8 Å². The average Bonchev–Trinajstić information content (AvgIpc) is 2.83. The van der Waals surface area contributed by atoms with Crippen molar-refractivity contribution in [3.8, 4) is 0 Å². The molecule has 0 aromatic rings. The van der Waals surface area contributed by atoms with E-state index in [1.165, 1.54) is 6.42 Å². The molecular weight excluding hydrogens is 288 g/mol. The van der Waals surface area contributed by atoms with Crippen LogP contribution in [-0.4, -0.2) is 34.6 Å². The summed E-state index contributed by atoms with van der Waals surface area (Å²) in [5.74, 6) is 1.03. The molecular formula is C20H32O3. The number of hydrogen-bond donors (Lipinski definition) is 3. The number of allylic oxidation sites excluding steroid dienone is 1. The lowest BCUT2D eigenvalue weighted by Crippen LogP contribution is -2.61. The van der Waals surface area contributed by atoms with Gasteiger partial charge >= 0.3 is 0 Å². The molecule has 130 valence electrons. The van der Waals surface area contributed by atoms with Crippen LogP contribution in [0.5, 0.6) is 0 Å². The number of aliphatic hydroxyl groups excluding tert-OH is 3. The lowest BCUT2D eigenvalue weighted by Gasteiger charge is -2.65. The Bertz CT molecular complexity index is 531. The molecule has 0 unspecified atom stereocenters. The van der Waals surface area contributed by atoms with Gasteiger partial charge in [-0.2, -0.15) is 0 Å². The van der Waals surface area contributed by atoms with Crippen molar-refractivity contribution in [3.05, 3.63) is 12.2 Å². The summed E-state index contributed by atoms with van der Waals surface area (Å²) < 4.78 is 0. The summed E-state index contributed by atoms with van der Waals surface area (Å²) in [6, 6.07) is 0. The Labute approximate surface area is 139 Å². The van der Waals surface area contributed by atoms with Gasteiger partial charge in [-0.1, -0.05) is 26.0 Å². The first-order valence-corrected chi connectivity index (χ1v) is 9.44. The van der Waals surface area contributed by atoms with Gasteiger partial charge in [-0.3, -0.25) is 0 Å². The molecule has 4 aliphatic carbocycles. The van der Waals surface area contributed by atoms with Crippen LogP contribution in [0.25, 0.3) is 0 Å². The predicted molar refractivity (Wildman–Crippen MR) is 89.7 cm³/mol. The molecule has 0 aromatic heterocycles. The second kappa shape index (κ2) is 4.83. The maximum absolute atomic E-state index is 10.6. The Balaban J connectivity index is 1.72. The molecule has 23 heavy (non-hydrogen) atoms. The molecule has 0 saturated heterocycles. The van der Waals surface area contributed by atoms with Crippen LogP contribution in [0.4, 0.5) is 0 Å². The van der Waals surface area contributed by atoms with Gasteiger partial charge in [0.25, 0.3) is 0 Å². The zero-order valence-electron chi connectivity index (χ0n) is 14.6. The highest BCUT2D eigenvalue weighted by Crippen LogP contribution is 2.71. The van der Waals surface area contributed by atoms with E-state index >= 15 is 0 Å². The summed E-state index contributed by atoms with van der Waals surface area (Å²) >= 11 is 0. The van der Waals surface area contributed by atoms with Crippen molar-refractivity contribution in [1.82, 2.24) is 0 Å². The first-order valence-electron chi connectivity index (χ1n) is 9.44. The van der Waals surface area contributed by atoms with Crippen LogP contribution in [0.2, 0.25) is 0 Å². The van der Waals surface area contributed by atoms with Gasteiger partial charge in [0.05, 0.1) is 19.3 Å². The smallest absolute Gasteiger partial charge is 0.0618 e. The second-order valence-corrected chi connectivity index (χ2v) is 9.67. The summed E-state index contributed by atoms with van der Waals surface area (Å²) in [5.41, 5.74) is 0.132.